The number of hydrogen-bond donors (Lipinski definition) is 2. The second kappa shape index (κ2) is 21.7. The van der Waals surface area contributed by atoms with Gasteiger partial charge in [0.2, 0.25) is 5.91 Å². The first kappa shape index (κ1) is 34.7. The molecular weight excluding hydrogens is 474 g/mol. The van der Waals surface area contributed by atoms with Crippen molar-refractivity contribution in [2.75, 3.05) is 25.2 Å². The summed E-state index contributed by atoms with van der Waals surface area (Å²) in [5, 5.41) is 11.4. The molecule has 0 fully saturated rings. The van der Waals surface area contributed by atoms with Gasteiger partial charge in [-0.1, -0.05) is 84.3 Å². The smallest absolute Gasteiger partial charge is 0.329 e. The van der Waals surface area contributed by atoms with Crippen molar-refractivity contribution >= 4 is 29.4 Å². The Morgan fingerprint density at radius 1 is 0.889 bits per heavy atom. The van der Waals surface area contributed by atoms with E-state index in [9.17, 15) is 14.4 Å². The molecule has 3 atom stereocenters. The van der Waals surface area contributed by atoms with Crippen LogP contribution in [0, 0.1) is 17.8 Å². The molecule has 0 aromatic heterocycles. The van der Waals surface area contributed by atoms with Crippen molar-refractivity contribution in [3.05, 3.63) is 11.6 Å². The number of rotatable bonds is 22. The van der Waals surface area contributed by atoms with Crippen LogP contribution in [0.2, 0.25) is 0 Å². The van der Waals surface area contributed by atoms with Crippen LogP contribution in [0.3, 0.4) is 0 Å². The molecule has 3 unspecified atom stereocenters. The zero-order valence-electron chi connectivity index (χ0n) is 23.8. The molecule has 0 aliphatic carbocycles. The molecule has 0 heterocycles. The van der Waals surface area contributed by atoms with Gasteiger partial charge in [-0.05, 0) is 37.5 Å². The predicted octanol–water partition coefficient (Wildman–Crippen LogP) is 6.10. The van der Waals surface area contributed by atoms with E-state index in [0.29, 0.717) is 5.75 Å². The Labute approximate surface area is 224 Å². The molecule has 7 heteroatoms. The van der Waals surface area contributed by atoms with Crippen LogP contribution >= 0.6 is 11.8 Å². The van der Waals surface area contributed by atoms with Gasteiger partial charge in [0, 0.05) is 24.3 Å². The summed E-state index contributed by atoms with van der Waals surface area (Å²) in [6.45, 7) is 11.0. The van der Waals surface area contributed by atoms with Crippen molar-refractivity contribution in [2.45, 2.75) is 111 Å². The fraction of sp³-hybridized carbons (Fsp3) is 0.828. The van der Waals surface area contributed by atoms with E-state index in [1.54, 1.807) is 11.8 Å². The number of aliphatic hydroxyl groups is 1. The molecule has 0 aliphatic rings. The van der Waals surface area contributed by atoms with Gasteiger partial charge in [0.25, 0.3) is 0 Å². The molecule has 0 bridgehead atoms. The molecule has 1 amide bonds. The van der Waals surface area contributed by atoms with Gasteiger partial charge in [-0.3, -0.25) is 9.59 Å². The molecule has 0 saturated heterocycles. The van der Waals surface area contributed by atoms with E-state index in [1.165, 1.54) is 64.0 Å². The summed E-state index contributed by atoms with van der Waals surface area (Å²) in [5.74, 6) is 2.32. The Morgan fingerprint density at radius 3 is 2.03 bits per heavy atom. The number of esters is 1. The molecule has 210 valence electrons. The number of ether oxygens (including phenoxy) is 1. The maximum Gasteiger partial charge on any atom is 0.329 e. The third-order valence-corrected chi connectivity index (χ3v) is 7.57. The van der Waals surface area contributed by atoms with Gasteiger partial charge in [-0.2, -0.15) is 11.8 Å². The summed E-state index contributed by atoms with van der Waals surface area (Å²) in [6, 6.07) is -0.746. The van der Waals surface area contributed by atoms with Crippen molar-refractivity contribution in [3.8, 4) is 0 Å². The van der Waals surface area contributed by atoms with Gasteiger partial charge < -0.3 is 15.2 Å². The zero-order valence-corrected chi connectivity index (χ0v) is 24.6. The molecule has 0 aromatic carbocycles. The van der Waals surface area contributed by atoms with Crippen LogP contribution < -0.4 is 5.32 Å². The van der Waals surface area contributed by atoms with E-state index in [-0.39, 0.29) is 12.8 Å². The quantitative estimate of drug-likeness (QED) is 0.100. The van der Waals surface area contributed by atoms with Crippen molar-refractivity contribution in [1.82, 2.24) is 5.32 Å². The maximum absolute atomic E-state index is 12.0. The molecule has 0 rings (SSSR count). The minimum atomic E-state index is -0.746. The fourth-order valence-electron chi connectivity index (χ4n) is 4.11. The summed E-state index contributed by atoms with van der Waals surface area (Å²) < 4.78 is 4.79. The molecule has 36 heavy (non-hydrogen) atoms. The second-order valence-corrected chi connectivity index (χ2v) is 11.9. The van der Waals surface area contributed by atoms with E-state index in [4.69, 9.17) is 9.84 Å². The number of nitrogens with one attached hydrogen (secondary N) is 1. The molecule has 0 spiro atoms. The van der Waals surface area contributed by atoms with Crippen LogP contribution in [-0.4, -0.2) is 54.0 Å². The van der Waals surface area contributed by atoms with E-state index in [1.807, 2.05) is 0 Å². The highest BCUT2D eigenvalue weighted by molar-refractivity contribution is 7.99. The molecule has 0 radical (unpaired) electrons. The molecule has 2 N–H and O–H groups in total. The molecular formula is C29H53NO5S. The number of amides is 1. The summed E-state index contributed by atoms with van der Waals surface area (Å²) in [7, 11) is 1.29. The number of aliphatic hydroxyl groups excluding tert-OH is 1. The van der Waals surface area contributed by atoms with Crippen LogP contribution in [0.4, 0.5) is 0 Å². The fourth-order valence-corrected chi connectivity index (χ4v) is 5.10. The minimum absolute atomic E-state index is 0.0402. The lowest BCUT2D eigenvalue weighted by Crippen LogP contribution is -2.43. The highest BCUT2D eigenvalue weighted by Crippen LogP contribution is 2.22. The number of Topliss-reactive ketones (excluding diaryl/α,β-unsaturated/α-hetero) is 1. The van der Waals surface area contributed by atoms with Gasteiger partial charge >= 0.3 is 5.97 Å². The number of ketones is 1. The number of allylic oxidation sites excluding steroid dienone is 1. The zero-order chi connectivity index (χ0) is 27.3. The largest absolute Gasteiger partial charge is 0.467 e. The van der Waals surface area contributed by atoms with Crippen molar-refractivity contribution < 1.29 is 24.2 Å². The lowest BCUT2D eigenvalue weighted by Gasteiger charge is -2.16. The Hall–Kier alpha value is -1.34. The van der Waals surface area contributed by atoms with Crippen molar-refractivity contribution in [2.24, 2.45) is 17.8 Å². The summed E-state index contributed by atoms with van der Waals surface area (Å²) >= 11 is 1.57. The van der Waals surface area contributed by atoms with Crippen LogP contribution in [0.25, 0.3) is 0 Å². The first-order valence-corrected chi connectivity index (χ1v) is 15.0. The average molecular weight is 528 g/mol. The SMILES string of the molecule is COC(=O)C(CSC/C=C(\C)CCCC(C)CCCC(C)CCCC(C)C)NC(=O)CCC(=O)CO. The van der Waals surface area contributed by atoms with Crippen molar-refractivity contribution in [3.63, 3.8) is 0 Å². The highest BCUT2D eigenvalue weighted by Gasteiger charge is 2.21. The Kier molecular flexibility index (Phi) is 20.9. The lowest BCUT2D eigenvalue weighted by molar-refractivity contribution is -0.144. The number of carbonyl (C=O) groups is 3. The third-order valence-electron chi connectivity index (χ3n) is 6.60. The Bertz CT molecular complexity index is 650. The van der Waals surface area contributed by atoms with Gasteiger partial charge in [0.05, 0.1) is 7.11 Å². The summed E-state index contributed by atoms with van der Waals surface area (Å²) in [5.41, 5.74) is 1.36. The van der Waals surface area contributed by atoms with Crippen LogP contribution in [-0.2, 0) is 19.1 Å². The van der Waals surface area contributed by atoms with Crippen LogP contribution in [0.1, 0.15) is 105 Å². The molecule has 0 aromatic rings. The van der Waals surface area contributed by atoms with Crippen molar-refractivity contribution in [1.29, 1.82) is 0 Å². The predicted molar refractivity (Wildman–Crippen MR) is 151 cm³/mol. The van der Waals surface area contributed by atoms with E-state index >= 15 is 0 Å². The number of carbonyl (C=O) groups excluding carboxylic acids is 3. The highest BCUT2D eigenvalue weighted by atomic mass is 32.2. The first-order valence-electron chi connectivity index (χ1n) is 13.8. The monoisotopic (exact) mass is 527 g/mol. The molecule has 0 saturated carbocycles. The van der Waals surface area contributed by atoms with Crippen LogP contribution in [0.5, 0.6) is 0 Å². The topological polar surface area (TPSA) is 92.7 Å². The summed E-state index contributed by atoms with van der Waals surface area (Å²) in [4.78, 5) is 35.1. The Balaban J connectivity index is 4.11. The minimum Gasteiger partial charge on any atom is -0.467 e. The maximum atomic E-state index is 12.0. The number of thioether (sulfide) groups is 1. The van der Waals surface area contributed by atoms with Gasteiger partial charge in [-0.25, -0.2) is 4.79 Å². The Morgan fingerprint density at radius 2 is 1.47 bits per heavy atom. The van der Waals surface area contributed by atoms with E-state index < -0.39 is 30.3 Å². The first-order chi connectivity index (χ1) is 17.1. The summed E-state index contributed by atoms with van der Waals surface area (Å²) in [6.07, 6.45) is 13.8. The second-order valence-electron chi connectivity index (χ2n) is 10.8. The lowest BCUT2D eigenvalue weighted by atomic mass is 9.91. The van der Waals surface area contributed by atoms with E-state index in [0.717, 1.165) is 29.9 Å². The van der Waals surface area contributed by atoms with Crippen LogP contribution in [0.15, 0.2) is 11.6 Å². The third kappa shape index (κ3) is 19.8. The number of methoxy groups -OCH3 is 1. The molecule has 0 aliphatic heterocycles. The van der Waals surface area contributed by atoms with Gasteiger partial charge in [0.1, 0.15) is 12.6 Å². The molecule has 6 nitrogen and oxygen atoms in total. The van der Waals surface area contributed by atoms with Gasteiger partial charge in [-0.15, -0.1) is 0 Å². The normalized spacial score (nSPS) is 14.4. The van der Waals surface area contributed by atoms with E-state index in [2.05, 4.69) is 46.0 Å². The average Bonchev–Trinajstić information content (AvgIpc) is 2.83. The van der Waals surface area contributed by atoms with Gasteiger partial charge in [0.15, 0.2) is 5.78 Å². The number of hydrogen-bond acceptors (Lipinski definition) is 6. The standard InChI is InChI=1S/C29H53NO5S/c1-22(2)10-7-11-23(3)12-8-13-24(4)14-9-15-25(5)18-19-36-21-27(29(34)35-6)30-28(33)17-16-26(32)20-31/h18,22-24,27,31H,7-17,19-21H2,1-6H3,(H,30,33)/b25-18+.